The Morgan fingerprint density at radius 3 is 2.76 bits per heavy atom. The zero-order chi connectivity index (χ0) is 12.3. The number of carbonyl (C=O) groups excluding carboxylic acids is 1. The van der Waals surface area contributed by atoms with E-state index in [1.807, 2.05) is 7.05 Å². The van der Waals surface area contributed by atoms with Gasteiger partial charge in [0, 0.05) is 25.0 Å². The van der Waals surface area contributed by atoms with E-state index in [4.69, 9.17) is 0 Å². The van der Waals surface area contributed by atoms with E-state index in [2.05, 4.69) is 22.6 Å². The van der Waals surface area contributed by atoms with Crippen molar-refractivity contribution < 1.29 is 4.79 Å². The van der Waals surface area contributed by atoms with Crippen LogP contribution in [0.4, 0.5) is 0 Å². The van der Waals surface area contributed by atoms with Crippen molar-refractivity contribution in [1.82, 2.24) is 15.5 Å². The van der Waals surface area contributed by atoms with Crippen LogP contribution in [-0.2, 0) is 4.79 Å². The minimum atomic E-state index is 0.208. The van der Waals surface area contributed by atoms with Crippen molar-refractivity contribution in [3.8, 4) is 0 Å². The lowest BCUT2D eigenvalue weighted by Gasteiger charge is -2.29. The van der Waals surface area contributed by atoms with Crippen LogP contribution in [0.3, 0.4) is 0 Å². The molecule has 1 heterocycles. The van der Waals surface area contributed by atoms with Crippen LogP contribution in [0.5, 0.6) is 0 Å². The van der Waals surface area contributed by atoms with Crippen LogP contribution >= 0.6 is 0 Å². The van der Waals surface area contributed by atoms with Crippen LogP contribution in [0.25, 0.3) is 0 Å². The molecule has 2 aliphatic rings. The van der Waals surface area contributed by atoms with E-state index in [0.717, 1.165) is 39.0 Å². The molecular weight excluding hydrogens is 214 g/mol. The first kappa shape index (κ1) is 12.8. The highest BCUT2D eigenvalue weighted by Gasteiger charge is 2.42. The summed E-state index contributed by atoms with van der Waals surface area (Å²) in [6.07, 6.45) is 4.70. The van der Waals surface area contributed by atoms with Crippen molar-refractivity contribution in [3.63, 3.8) is 0 Å². The van der Waals surface area contributed by atoms with Crippen molar-refractivity contribution in [2.24, 2.45) is 11.3 Å². The molecule has 1 saturated carbocycles. The lowest BCUT2D eigenvalue weighted by molar-refractivity contribution is -0.126. The summed E-state index contributed by atoms with van der Waals surface area (Å²) in [6.45, 7) is 3.93. The van der Waals surface area contributed by atoms with Gasteiger partial charge < -0.3 is 15.5 Å². The number of amides is 1. The number of piperidine rings is 1. The smallest absolute Gasteiger partial charge is 0.224 e. The van der Waals surface area contributed by atoms with Crippen LogP contribution in [0.15, 0.2) is 0 Å². The molecule has 0 bridgehead atoms. The molecule has 2 N–H and O–H groups in total. The van der Waals surface area contributed by atoms with E-state index in [9.17, 15) is 4.79 Å². The number of hydrogen-bond donors (Lipinski definition) is 2. The number of nitrogens with one attached hydrogen (secondary N) is 2. The van der Waals surface area contributed by atoms with Gasteiger partial charge in [-0.2, -0.15) is 0 Å². The first-order valence-electron chi connectivity index (χ1n) is 6.76. The average Bonchev–Trinajstić information content (AvgIpc) is 3.07. The molecular formula is C13H25N3O. The molecule has 2 rings (SSSR count). The monoisotopic (exact) mass is 239 g/mol. The van der Waals surface area contributed by atoms with Gasteiger partial charge in [0.25, 0.3) is 0 Å². The molecule has 0 aromatic rings. The average molecular weight is 239 g/mol. The first-order valence-corrected chi connectivity index (χ1v) is 6.76. The van der Waals surface area contributed by atoms with Crippen molar-refractivity contribution >= 4 is 5.91 Å². The van der Waals surface area contributed by atoms with E-state index >= 15 is 0 Å². The number of likely N-dealkylation sites (tertiary alicyclic amines) is 1. The molecule has 1 amide bonds. The number of rotatable bonds is 5. The van der Waals surface area contributed by atoms with Gasteiger partial charge in [0.05, 0.1) is 5.92 Å². The Bertz CT molecular complexity index is 276. The maximum absolute atomic E-state index is 12.1. The van der Waals surface area contributed by atoms with E-state index in [-0.39, 0.29) is 11.8 Å². The van der Waals surface area contributed by atoms with Crippen LogP contribution in [0, 0.1) is 11.3 Å². The zero-order valence-electron chi connectivity index (χ0n) is 11.1. The summed E-state index contributed by atoms with van der Waals surface area (Å²) in [4.78, 5) is 14.3. The Kier molecular flexibility index (Phi) is 4.05. The van der Waals surface area contributed by atoms with Crippen LogP contribution < -0.4 is 10.6 Å². The minimum Gasteiger partial charge on any atom is -0.355 e. The second-order valence-electron chi connectivity index (χ2n) is 5.85. The van der Waals surface area contributed by atoms with E-state index < -0.39 is 0 Å². The summed E-state index contributed by atoms with van der Waals surface area (Å²) < 4.78 is 0. The quantitative estimate of drug-likeness (QED) is 0.732. The van der Waals surface area contributed by atoms with Crippen molar-refractivity contribution in [2.75, 3.05) is 40.3 Å². The Labute approximate surface area is 104 Å². The predicted octanol–water partition coefficient (Wildman–Crippen LogP) is 0.444. The standard InChI is InChI=1S/C13H25N3O/c1-14-9-13(5-6-13)10-15-12(17)11-4-3-7-16(2)8-11/h11,14H,3-10H2,1-2H3,(H,15,17). The number of hydrogen-bond acceptors (Lipinski definition) is 3. The Hall–Kier alpha value is -0.610. The third-order valence-electron chi connectivity index (χ3n) is 4.14. The van der Waals surface area contributed by atoms with Crippen molar-refractivity contribution in [1.29, 1.82) is 0 Å². The fourth-order valence-electron chi connectivity index (χ4n) is 2.77. The van der Waals surface area contributed by atoms with Crippen LogP contribution in [0.1, 0.15) is 25.7 Å². The van der Waals surface area contributed by atoms with Crippen molar-refractivity contribution in [2.45, 2.75) is 25.7 Å². The largest absolute Gasteiger partial charge is 0.355 e. The zero-order valence-corrected chi connectivity index (χ0v) is 11.1. The van der Waals surface area contributed by atoms with Crippen LogP contribution in [0.2, 0.25) is 0 Å². The summed E-state index contributed by atoms with van der Waals surface area (Å²) in [5, 5.41) is 6.38. The Balaban J connectivity index is 1.73. The summed E-state index contributed by atoms with van der Waals surface area (Å²) in [7, 11) is 4.08. The van der Waals surface area contributed by atoms with Gasteiger partial charge in [-0.3, -0.25) is 4.79 Å². The maximum Gasteiger partial charge on any atom is 0.224 e. The summed E-state index contributed by atoms with van der Waals surface area (Å²) in [5.41, 5.74) is 0.366. The molecule has 1 unspecified atom stereocenters. The predicted molar refractivity (Wildman–Crippen MR) is 68.8 cm³/mol. The molecule has 1 saturated heterocycles. The van der Waals surface area contributed by atoms with Crippen molar-refractivity contribution in [3.05, 3.63) is 0 Å². The number of carbonyl (C=O) groups is 1. The molecule has 17 heavy (non-hydrogen) atoms. The van der Waals surface area contributed by atoms with Crippen LogP contribution in [-0.4, -0.2) is 51.1 Å². The fraction of sp³-hybridized carbons (Fsp3) is 0.923. The second kappa shape index (κ2) is 5.36. The van der Waals surface area contributed by atoms with Gasteiger partial charge in [-0.1, -0.05) is 0 Å². The first-order chi connectivity index (χ1) is 8.15. The van der Waals surface area contributed by atoms with Gasteiger partial charge >= 0.3 is 0 Å². The lowest BCUT2D eigenvalue weighted by Crippen LogP contribution is -2.43. The highest BCUT2D eigenvalue weighted by Crippen LogP contribution is 2.44. The minimum absolute atomic E-state index is 0.208. The third kappa shape index (κ3) is 3.42. The van der Waals surface area contributed by atoms with E-state index in [1.54, 1.807) is 0 Å². The van der Waals surface area contributed by atoms with Gasteiger partial charge in [-0.15, -0.1) is 0 Å². The summed E-state index contributed by atoms with van der Waals surface area (Å²) in [6, 6.07) is 0. The molecule has 0 spiro atoms. The van der Waals surface area contributed by atoms with Gasteiger partial charge in [-0.25, -0.2) is 0 Å². The molecule has 4 nitrogen and oxygen atoms in total. The van der Waals surface area contributed by atoms with Gasteiger partial charge in [0.1, 0.15) is 0 Å². The Morgan fingerprint density at radius 2 is 2.18 bits per heavy atom. The molecule has 0 radical (unpaired) electrons. The van der Waals surface area contributed by atoms with Gasteiger partial charge in [0.15, 0.2) is 0 Å². The highest BCUT2D eigenvalue weighted by atomic mass is 16.1. The molecule has 1 aliphatic heterocycles. The summed E-state index contributed by atoms with van der Waals surface area (Å²) in [5.74, 6) is 0.470. The molecule has 1 aliphatic carbocycles. The SMILES string of the molecule is CNCC1(CNC(=O)C2CCCN(C)C2)CC1. The maximum atomic E-state index is 12.1. The second-order valence-corrected chi connectivity index (χ2v) is 5.85. The normalized spacial score (nSPS) is 27.8. The number of nitrogens with zero attached hydrogens (tertiary/aromatic N) is 1. The lowest BCUT2D eigenvalue weighted by atomic mass is 9.97. The topological polar surface area (TPSA) is 44.4 Å². The highest BCUT2D eigenvalue weighted by molar-refractivity contribution is 5.79. The van der Waals surface area contributed by atoms with E-state index in [0.29, 0.717) is 5.41 Å². The molecule has 98 valence electrons. The summed E-state index contributed by atoms with van der Waals surface area (Å²) >= 11 is 0. The molecule has 0 aromatic carbocycles. The molecule has 4 heteroatoms. The van der Waals surface area contributed by atoms with Gasteiger partial charge in [0.2, 0.25) is 5.91 Å². The molecule has 1 atom stereocenters. The van der Waals surface area contributed by atoms with Gasteiger partial charge in [-0.05, 0) is 46.3 Å². The fourth-order valence-corrected chi connectivity index (χ4v) is 2.77. The molecule has 2 fully saturated rings. The Morgan fingerprint density at radius 1 is 1.41 bits per heavy atom. The third-order valence-corrected chi connectivity index (χ3v) is 4.14. The van der Waals surface area contributed by atoms with E-state index in [1.165, 1.54) is 12.8 Å². The molecule has 0 aromatic heterocycles.